The molecule has 3 unspecified atom stereocenters. The number of likely N-dealkylation sites (tertiary alicyclic amines) is 1. The van der Waals surface area contributed by atoms with Gasteiger partial charge in [-0.25, -0.2) is 0 Å². The van der Waals surface area contributed by atoms with Crippen LogP contribution in [-0.4, -0.2) is 41.0 Å². The zero-order valence-corrected chi connectivity index (χ0v) is 10.0. The molecular formula is C11H20N2O3. The van der Waals surface area contributed by atoms with E-state index in [9.17, 15) is 9.59 Å². The van der Waals surface area contributed by atoms with E-state index in [0.29, 0.717) is 13.1 Å². The summed E-state index contributed by atoms with van der Waals surface area (Å²) in [6, 6.07) is -0.163. The zero-order chi connectivity index (χ0) is 12.5. The molecule has 3 atom stereocenters. The van der Waals surface area contributed by atoms with Crippen LogP contribution < -0.4 is 5.73 Å². The third-order valence-electron chi connectivity index (χ3n) is 3.50. The van der Waals surface area contributed by atoms with Crippen molar-refractivity contribution in [3.8, 4) is 0 Å². The first-order valence-corrected chi connectivity index (χ1v) is 5.61. The third-order valence-corrected chi connectivity index (χ3v) is 3.50. The SMILES string of the molecule is CC(N)C(C)C(=O)N1CC(C(C)C(=O)O)C1. The molecule has 5 heteroatoms. The number of nitrogens with two attached hydrogens (primary N) is 1. The van der Waals surface area contributed by atoms with Gasteiger partial charge in [0.05, 0.1) is 11.8 Å². The van der Waals surface area contributed by atoms with E-state index in [1.54, 1.807) is 25.7 Å². The fourth-order valence-corrected chi connectivity index (χ4v) is 1.72. The number of carbonyl (C=O) groups excluding carboxylic acids is 1. The van der Waals surface area contributed by atoms with E-state index in [4.69, 9.17) is 10.8 Å². The molecule has 1 rings (SSSR count). The molecule has 0 aromatic heterocycles. The van der Waals surface area contributed by atoms with Crippen LogP contribution in [0.2, 0.25) is 0 Å². The summed E-state index contributed by atoms with van der Waals surface area (Å²) in [6.45, 7) is 6.39. The van der Waals surface area contributed by atoms with Crippen LogP contribution in [0.15, 0.2) is 0 Å². The normalized spacial score (nSPS) is 22.1. The molecule has 3 N–H and O–H groups in total. The van der Waals surface area contributed by atoms with E-state index < -0.39 is 5.97 Å². The molecule has 0 spiro atoms. The molecule has 92 valence electrons. The van der Waals surface area contributed by atoms with Crippen LogP contribution in [0.4, 0.5) is 0 Å². The van der Waals surface area contributed by atoms with E-state index >= 15 is 0 Å². The molecule has 16 heavy (non-hydrogen) atoms. The summed E-state index contributed by atoms with van der Waals surface area (Å²) < 4.78 is 0. The zero-order valence-electron chi connectivity index (χ0n) is 10.0. The van der Waals surface area contributed by atoms with Crippen molar-refractivity contribution in [3.05, 3.63) is 0 Å². The van der Waals surface area contributed by atoms with Crippen LogP contribution in [0.3, 0.4) is 0 Å². The van der Waals surface area contributed by atoms with Crippen LogP contribution in [0.25, 0.3) is 0 Å². The molecule has 0 aromatic carbocycles. The monoisotopic (exact) mass is 228 g/mol. The minimum atomic E-state index is -0.794. The van der Waals surface area contributed by atoms with E-state index in [1.165, 1.54) is 0 Å². The first kappa shape index (κ1) is 13.0. The summed E-state index contributed by atoms with van der Waals surface area (Å²) in [5, 5.41) is 8.82. The minimum absolute atomic E-state index is 0.0313. The molecule has 5 nitrogen and oxygen atoms in total. The Labute approximate surface area is 95.6 Å². The van der Waals surface area contributed by atoms with E-state index in [1.807, 2.05) is 0 Å². The fourth-order valence-electron chi connectivity index (χ4n) is 1.72. The smallest absolute Gasteiger partial charge is 0.306 e. The summed E-state index contributed by atoms with van der Waals surface area (Å²) >= 11 is 0. The Hall–Kier alpha value is -1.10. The van der Waals surface area contributed by atoms with Gasteiger partial charge in [0.25, 0.3) is 0 Å². The number of carboxylic acids is 1. The Morgan fingerprint density at radius 2 is 1.81 bits per heavy atom. The van der Waals surface area contributed by atoms with Gasteiger partial charge in [0, 0.05) is 25.0 Å². The highest BCUT2D eigenvalue weighted by molar-refractivity contribution is 5.80. The van der Waals surface area contributed by atoms with Crippen molar-refractivity contribution in [2.24, 2.45) is 23.5 Å². The largest absolute Gasteiger partial charge is 0.481 e. The van der Waals surface area contributed by atoms with Crippen molar-refractivity contribution in [1.29, 1.82) is 0 Å². The van der Waals surface area contributed by atoms with Crippen molar-refractivity contribution >= 4 is 11.9 Å². The number of carboxylic acid groups (broad SMARTS) is 1. The third kappa shape index (κ3) is 2.52. The molecule has 1 heterocycles. The van der Waals surface area contributed by atoms with E-state index in [-0.39, 0.29) is 29.7 Å². The molecular weight excluding hydrogens is 208 g/mol. The molecule has 1 amide bonds. The molecule has 0 aliphatic carbocycles. The fraction of sp³-hybridized carbons (Fsp3) is 0.818. The van der Waals surface area contributed by atoms with Crippen LogP contribution in [0, 0.1) is 17.8 Å². The van der Waals surface area contributed by atoms with Gasteiger partial charge < -0.3 is 15.7 Å². The van der Waals surface area contributed by atoms with E-state index in [0.717, 1.165) is 0 Å². The lowest BCUT2D eigenvalue weighted by Gasteiger charge is -2.42. The summed E-state index contributed by atoms with van der Waals surface area (Å²) in [4.78, 5) is 24.2. The minimum Gasteiger partial charge on any atom is -0.481 e. The topological polar surface area (TPSA) is 83.6 Å². The van der Waals surface area contributed by atoms with E-state index in [2.05, 4.69) is 0 Å². The average molecular weight is 228 g/mol. The molecule has 1 aliphatic rings. The van der Waals surface area contributed by atoms with Crippen molar-refractivity contribution in [1.82, 2.24) is 4.90 Å². The maximum Gasteiger partial charge on any atom is 0.306 e. The summed E-state index contributed by atoms with van der Waals surface area (Å²) in [7, 11) is 0. The lowest BCUT2D eigenvalue weighted by molar-refractivity contribution is -0.152. The molecule has 1 fully saturated rings. The van der Waals surface area contributed by atoms with Crippen LogP contribution in [0.1, 0.15) is 20.8 Å². The second-order valence-corrected chi connectivity index (χ2v) is 4.78. The number of hydrogen-bond donors (Lipinski definition) is 2. The van der Waals surface area contributed by atoms with Gasteiger partial charge in [-0.15, -0.1) is 0 Å². The standard InChI is InChI=1S/C11H20N2O3/c1-6(8(3)12)10(14)13-4-9(5-13)7(2)11(15)16/h6-9H,4-5,12H2,1-3H3,(H,15,16). The number of hydrogen-bond acceptors (Lipinski definition) is 3. The molecule has 0 saturated carbocycles. The second kappa shape index (κ2) is 4.82. The number of carbonyl (C=O) groups is 2. The van der Waals surface area contributed by atoms with Gasteiger partial charge in [-0.05, 0) is 6.92 Å². The predicted octanol–water partition coefficient (Wildman–Crippen LogP) is 0.149. The molecule has 0 bridgehead atoms. The highest BCUT2D eigenvalue weighted by Gasteiger charge is 2.38. The lowest BCUT2D eigenvalue weighted by Crippen LogP contribution is -2.56. The Morgan fingerprint density at radius 3 is 2.19 bits per heavy atom. The number of amides is 1. The maximum absolute atomic E-state index is 11.8. The second-order valence-electron chi connectivity index (χ2n) is 4.78. The first-order valence-electron chi connectivity index (χ1n) is 5.61. The van der Waals surface area contributed by atoms with Gasteiger partial charge in [0.15, 0.2) is 0 Å². The Balaban J connectivity index is 2.41. The molecule has 1 aliphatic heterocycles. The van der Waals surface area contributed by atoms with Gasteiger partial charge in [-0.2, -0.15) is 0 Å². The molecule has 1 saturated heterocycles. The van der Waals surface area contributed by atoms with Crippen molar-refractivity contribution in [2.45, 2.75) is 26.8 Å². The highest BCUT2D eigenvalue weighted by Crippen LogP contribution is 2.25. The lowest BCUT2D eigenvalue weighted by atomic mass is 9.86. The van der Waals surface area contributed by atoms with Crippen molar-refractivity contribution in [2.75, 3.05) is 13.1 Å². The van der Waals surface area contributed by atoms with Crippen LogP contribution >= 0.6 is 0 Å². The summed E-state index contributed by atoms with van der Waals surface area (Å²) in [6.07, 6.45) is 0. The number of nitrogens with zero attached hydrogens (tertiary/aromatic N) is 1. The Kier molecular flexibility index (Phi) is 3.91. The number of aliphatic carboxylic acids is 1. The van der Waals surface area contributed by atoms with Gasteiger partial charge in [0.1, 0.15) is 0 Å². The van der Waals surface area contributed by atoms with Crippen molar-refractivity contribution < 1.29 is 14.7 Å². The number of rotatable bonds is 4. The van der Waals surface area contributed by atoms with Gasteiger partial charge in [-0.1, -0.05) is 13.8 Å². The molecule has 0 aromatic rings. The summed E-state index contributed by atoms with van der Waals surface area (Å²) in [5.74, 6) is -1.25. The molecule has 0 radical (unpaired) electrons. The van der Waals surface area contributed by atoms with Gasteiger partial charge >= 0.3 is 5.97 Å². The summed E-state index contributed by atoms with van der Waals surface area (Å²) in [5.41, 5.74) is 5.65. The Bertz CT molecular complexity index is 285. The average Bonchev–Trinajstić information content (AvgIpc) is 2.13. The maximum atomic E-state index is 11.8. The first-order chi connectivity index (χ1) is 7.34. The van der Waals surface area contributed by atoms with Crippen LogP contribution in [-0.2, 0) is 9.59 Å². The Morgan fingerprint density at radius 1 is 1.31 bits per heavy atom. The van der Waals surface area contributed by atoms with Crippen LogP contribution in [0.5, 0.6) is 0 Å². The highest BCUT2D eigenvalue weighted by atomic mass is 16.4. The van der Waals surface area contributed by atoms with Gasteiger partial charge in [0.2, 0.25) is 5.91 Å². The predicted molar refractivity (Wildman–Crippen MR) is 59.7 cm³/mol. The van der Waals surface area contributed by atoms with Crippen molar-refractivity contribution in [3.63, 3.8) is 0 Å². The van der Waals surface area contributed by atoms with Gasteiger partial charge in [-0.3, -0.25) is 9.59 Å². The quantitative estimate of drug-likeness (QED) is 0.717.